The highest BCUT2D eigenvalue weighted by atomic mass is 16.6. The lowest BCUT2D eigenvalue weighted by atomic mass is 9.98. The van der Waals surface area contributed by atoms with Gasteiger partial charge in [0.15, 0.2) is 5.78 Å². The van der Waals surface area contributed by atoms with Gasteiger partial charge in [-0.25, -0.2) is 0 Å². The van der Waals surface area contributed by atoms with E-state index in [1.165, 1.54) is 0 Å². The smallest absolute Gasteiger partial charge is 0.164 e. The number of Topliss-reactive ketones (excluding diaryl/α,β-unsaturated/α-hetero) is 1. The molecule has 3 heteroatoms. The minimum absolute atomic E-state index is 0.100. The van der Waals surface area contributed by atoms with E-state index in [1.807, 2.05) is 61.5 Å². The van der Waals surface area contributed by atoms with Crippen molar-refractivity contribution in [1.82, 2.24) is 5.48 Å². The van der Waals surface area contributed by atoms with Gasteiger partial charge in [0.25, 0.3) is 0 Å². The summed E-state index contributed by atoms with van der Waals surface area (Å²) in [6.07, 6.45) is 0.362. The second-order valence-electron chi connectivity index (χ2n) is 4.78. The van der Waals surface area contributed by atoms with Gasteiger partial charge in [-0.15, -0.1) is 0 Å². The van der Waals surface area contributed by atoms with Crippen LogP contribution >= 0.6 is 0 Å². The molecule has 2 aromatic carbocycles. The predicted molar refractivity (Wildman–Crippen MR) is 79.5 cm³/mol. The third-order valence-electron chi connectivity index (χ3n) is 3.23. The molecule has 0 unspecified atom stereocenters. The van der Waals surface area contributed by atoms with Crippen molar-refractivity contribution in [2.75, 3.05) is 7.11 Å². The summed E-state index contributed by atoms with van der Waals surface area (Å²) in [5, 5.41) is 0. The number of ketones is 1. The molecule has 0 saturated carbocycles. The van der Waals surface area contributed by atoms with Crippen molar-refractivity contribution in [3.63, 3.8) is 0 Å². The van der Waals surface area contributed by atoms with Crippen LogP contribution in [0.5, 0.6) is 0 Å². The van der Waals surface area contributed by atoms with E-state index >= 15 is 0 Å². The number of rotatable bonds is 6. The van der Waals surface area contributed by atoms with Crippen LogP contribution in [0.4, 0.5) is 0 Å². The van der Waals surface area contributed by atoms with E-state index in [4.69, 9.17) is 4.84 Å². The number of aryl methyl sites for hydroxylation is 1. The van der Waals surface area contributed by atoms with Gasteiger partial charge in [0.05, 0.1) is 13.2 Å². The molecule has 3 nitrogen and oxygen atoms in total. The first-order valence-corrected chi connectivity index (χ1v) is 6.64. The van der Waals surface area contributed by atoms with Crippen molar-refractivity contribution in [3.05, 3.63) is 71.3 Å². The fourth-order valence-corrected chi connectivity index (χ4v) is 2.10. The molecule has 0 radical (unpaired) electrons. The fourth-order valence-electron chi connectivity index (χ4n) is 2.10. The van der Waals surface area contributed by atoms with Gasteiger partial charge < -0.3 is 4.84 Å². The van der Waals surface area contributed by atoms with E-state index in [0.29, 0.717) is 6.42 Å². The molecular formula is C17H19NO2. The van der Waals surface area contributed by atoms with Crippen LogP contribution in [0.15, 0.2) is 54.6 Å². The molecule has 0 heterocycles. The van der Waals surface area contributed by atoms with Crippen molar-refractivity contribution >= 4 is 5.78 Å². The summed E-state index contributed by atoms with van der Waals surface area (Å²) in [6, 6.07) is 17.3. The zero-order chi connectivity index (χ0) is 14.4. The molecule has 0 spiro atoms. The molecule has 2 aromatic rings. The second kappa shape index (κ2) is 6.98. The highest BCUT2D eigenvalue weighted by Crippen LogP contribution is 2.19. The number of hydrogen-bond donors (Lipinski definition) is 1. The van der Waals surface area contributed by atoms with E-state index in [1.54, 1.807) is 7.11 Å². The van der Waals surface area contributed by atoms with Gasteiger partial charge in [-0.3, -0.25) is 4.79 Å². The monoisotopic (exact) mass is 269 g/mol. The van der Waals surface area contributed by atoms with Gasteiger partial charge in [-0.05, 0) is 12.5 Å². The lowest BCUT2D eigenvalue weighted by molar-refractivity contribution is 0.0545. The van der Waals surface area contributed by atoms with Crippen LogP contribution in [0, 0.1) is 6.92 Å². The Morgan fingerprint density at radius 2 is 1.75 bits per heavy atom. The van der Waals surface area contributed by atoms with Gasteiger partial charge >= 0.3 is 0 Å². The lowest BCUT2D eigenvalue weighted by Gasteiger charge is -2.17. The van der Waals surface area contributed by atoms with Crippen LogP contribution in [0.25, 0.3) is 0 Å². The quantitative estimate of drug-likeness (QED) is 0.644. The molecular weight excluding hydrogens is 250 g/mol. The van der Waals surface area contributed by atoms with Crippen LogP contribution in [-0.2, 0) is 4.84 Å². The zero-order valence-electron chi connectivity index (χ0n) is 11.8. The predicted octanol–water partition coefficient (Wildman–Crippen LogP) is 3.46. The van der Waals surface area contributed by atoms with Crippen LogP contribution in [-0.4, -0.2) is 12.9 Å². The fraction of sp³-hybridized carbons (Fsp3) is 0.235. The minimum Gasteiger partial charge on any atom is -0.305 e. The maximum atomic E-state index is 12.3. The van der Waals surface area contributed by atoms with Gasteiger partial charge in [-0.2, -0.15) is 5.48 Å². The van der Waals surface area contributed by atoms with Crippen molar-refractivity contribution in [3.8, 4) is 0 Å². The number of carbonyl (C=O) groups excluding carboxylic acids is 1. The Kier molecular flexibility index (Phi) is 5.04. The molecule has 0 aliphatic heterocycles. The molecule has 0 amide bonds. The van der Waals surface area contributed by atoms with Crippen molar-refractivity contribution in [1.29, 1.82) is 0 Å². The highest BCUT2D eigenvalue weighted by molar-refractivity contribution is 5.96. The average Bonchev–Trinajstić information content (AvgIpc) is 2.48. The van der Waals surface area contributed by atoms with E-state index < -0.39 is 0 Å². The number of hydrogen-bond acceptors (Lipinski definition) is 3. The Bertz CT molecular complexity index is 549. The molecule has 2 rings (SSSR count). The Morgan fingerprint density at radius 3 is 2.35 bits per heavy atom. The summed E-state index contributed by atoms with van der Waals surface area (Å²) in [7, 11) is 1.56. The third-order valence-corrected chi connectivity index (χ3v) is 3.23. The molecule has 0 saturated heterocycles. The molecule has 20 heavy (non-hydrogen) atoms. The first-order valence-electron chi connectivity index (χ1n) is 6.64. The van der Waals surface area contributed by atoms with E-state index in [9.17, 15) is 4.79 Å². The Hall–Kier alpha value is -1.97. The van der Waals surface area contributed by atoms with Gasteiger partial charge in [-0.1, -0.05) is 60.2 Å². The summed E-state index contributed by atoms with van der Waals surface area (Å²) < 4.78 is 0. The average molecular weight is 269 g/mol. The van der Waals surface area contributed by atoms with E-state index in [0.717, 1.165) is 16.7 Å². The van der Waals surface area contributed by atoms with Crippen molar-refractivity contribution < 1.29 is 9.63 Å². The topological polar surface area (TPSA) is 38.3 Å². The lowest BCUT2D eigenvalue weighted by Crippen LogP contribution is -2.23. The number of nitrogens with one attached hydrogen (secondary N) is 1. The van der Waals surface area contributed by atoms with Crippen LogP contribution in [0.2, 0.25) is 0 Å². The van der Waals surface area contributed by atoms with Gasteiger partial charge in [0.1, 0.15) is 0 Å². The second-order valence-corrected chi connectivity index (χ2v) is 4.78. The molecule has 0 fully saturated rings. The summed E-state index contributed by atoms with van der Waals surface area (Å²) in [4.78, 5) is 17.3. The Balaban J connectivity index is 2.12. The Labute approximate surface area is 119 Å². The van der Waals surface area contributed by atoms with Crippen LogP contribution in [0.1, 0.15) is 33.9 Å². The summed E-state index contributed by atoms with van der Waals surface area (Å²) in [6.45, 7) is 2.01. The molecule has 0 aliphatic rings. The first-order chi connectivity index (χ1) is 9.70. The standard InChI is InChI=1S/C17H19NO2/c1-13-8-10-15(11-9-13)17(19)12-16(18-20-2)14-6-4-3-5-7-14/h3-11,16,18H,12H2,1-2H3/t16-/m0/s1. The number of benzene rings is 2. The summed E-state index contributed by atoms with van der Waals surface area (Å²) in [5.74, 6) is 0.100. The van der Waals surface area contributed by atoms with Crippen molar-refractivity contribution in [2.45, 2.75) is 19.4 Å². The molecule has 1 N–H and O–H groups in total. The molecule has 1 atom stereocenters. The van der Waals surface area contributed by atoms with E-state index in [2.05, 4.69) is 5.48 Å². The zero-order valence-corrected chi connectivity index (χ0v) is 11.8. The van der Waals surface area contributed by atoms with Gasteiger partial charge in [0, 0.05) is 12.0 Å². The van der Waals surface area contributed by atoms with Crippen LogP contribution < -0.4 is 5.48 Å². The Morgan fingerprint density at radius 1 is 1.10 bits per heavy atom. The summed E-state index contributed by atoms with van der Waals surface area (Å²) in [5.41, 5.74) is 5.81. The summed E-state index contributed by atoms with van der Waals surface area (Å²) >= 11 is 0. The first kappa shape index (κ1) is 14.4. The highest BCUT2D eigenvalue weighted by Gasteiger charge is 2.16. The maximum absolute atomic E-state index is 12.3. The minimum atomic E-state index is -0.144. The molecule has 104 valence electrons. The van der Waals surface area contributed by atoms with Crippen LogP contribution in [0.3, 0.4) is 0 Å². The molecule has 0 aliphatic carbocycles. The SMILES string of the molecule is CON[C@@H](CC(=O)c1ccc(C)cc1)c1ccccc1. The van der Waals surface area contributed by atoms with Crippen molar-refractivity contribution in [2.24, 2.45) is 0 Å². The third kappa shape index (κ3) is 3.76. The molecule has 0 bridgehead atoms. The van der Waals surface area contributed by atoms with Gasteiger partial charge in [0.2, 0.25) is 0 Å². The normalized spacial score (nSPS) is 12.1. The number of carbonyl (C=O) groups is 1. The number of hydroxylamine groups is 1. The maximum Gasteiger partial charge on any atom is 0.164 e. The largest absolute Gasteiger partial charge is 0.305 e. The molecule has 0 aromatic heterocycles. The van der Waals surface area contributed by atoms with E-state index in [-0.39, 0.29) is 11.8 Å².